The number of nitrogens with zero attached hydrogens (tertiary/aromatic N) is 2. The van der Waals surface area contributed by atoms with Crippen LogP contribution in [0.5, 0.6) is 5.75 Å². The van der Waals surface area contributed by atoms with Gasteiger partial charge in [-0.1, -0.05) is 37.6 Å². The van der Waals surface area contributed by atoms with Gasteiger partial charge in [0, 0.05) is 12.1 Å². The number of allylic oxidation sites excluding steroid dienone is 2. The minimum Gasteiger partial charge on any atom is -0.489 e. The fourth-order valence-electron chi connectivity index (χ4n) is 2.35. The Bertz CT molecular complexity index is 911. The van der Waals surface area contributed by atoms with Gasteiger partial charge in [0.2, 0.25) is 0 Å². The molecular formula is C22H22ClF3N2O. The molecule has 2 aromatic rings. The second-order valence-corrected chi connectivity index (χ2v) is 6.10. The van der Waals surface area contributed by atoms with Gasteiger partial charge in [-0.15, -0.1) is 0 Å². The average Bonchev–Trinajstić information content (AvgIpc) is 2.71. The number of aliphatic imine (C=N–C) groups is 1. The van der Waals surface area contributed by atoms with Crippen molar-refractivity contribution in [3.8, 4) is 11.8 Å². The molecule has 0 heterocycles. The van der Waals surface area contributed by atoms with Crippen LogP contribution in [-0.4, -0.2) is 18.9 Å². The van der Waals surface area contributed by atoms with Gasteiger partial charge >= 0.3 is 6.18 Å². The van der Waals surface area contributed by atoms with E-state index in [-0.39, 0.29) is 17.7 Å². The van der Waals surface area contributed by atoms with Gasteiger partial charge in [0.05, 0.1) is 11.6 Å². The molecular weight excluding hydrogens is 401 g/mol. The van der Waals surface area contributed by atoms with Crippen LogP contribution in [0.3, 0.4) is 0 Å². The van der Waals surface area contributed by atoms with E-state index in [9.17, 15) is 18.4 Å². The highest BCUT2D eigenvalue weighted by molar-refractivity contribution is 6.30. The van der Waals surface area contributed by atoms with Gasteiger partial charge in [-0.25, -0.2) is 0 Å². The summed E-state index contributed by atoms with van der Waals surface area (Å²) >= 11 is 5.83. The minimum absolute atomic E-state index is 0.218. The summed E-state index contributed by atoms with van der Waals surface area (Å²) in [5, 5.41) is 9.98. The first kappa shape index (κ1) is 24.3. The van der Waals surface area contributed by atoms with Crippen molar-refractivity contribution in [2.24, 2.45) is 4.99 Å². The zero-order valence-electron chi connectivity index (χ0n) is 16.6. The number of hydrogen-bond acceptors (Lipinski definition) is 3. The summed E-state index contributed by atoms with van der Waals surface area (Å²) in [6.45, 7) is 5.78. The predicted octanol–water partition coefficient (Wildman–Crippen LogP) is 6.85. The Hall–Kier alpha value is -2.78. The van der Waals surface area contributed by atoms with Crippen LogP contribution in [0.25, 0.3) is 5.57 Å². The smallest absolute Gasteiger partial charge is 0.432 e. The van der Waals surface area contributed by atoms with Crippen molar-refractivity contribution in [1.82, 2.24) is 0 Å². The van der Waals surface area contributed by atoms with Gasteiger partial charge in [-0.05, 0) is 60.0 Å². The topological polar surface area (TPSA) is 45.4 Å². The Morgan fingerprint density at radius 2 is 1.79 bits per heavy atom. The summed E-state index contributed by atoms with van der Waals surface area (Å²) in [6, 6.07) is 13.8. The van der Waals surface area contributed by atoms with Crippen molar-refractivity contribution in [3.05, 3.63) is 70.3 Å². The summed E-state index contributed by atoms with van der Waals surface area (Å²) in [4.78, 5) is 3.27. The van der Waals surface area contributed by atoms with E-state index in [1.54, 1.807) is 24.3 Å². The van der Waals surface area contributed by atoms with Crippen molar-refractivity contribution in [2.75, 3.05) is 7.05 Å². The Labute approximate surface area is 174 Å². The molecule has 2 aromatic carbocycles. The van der Waals surface area contributed by atoms with Crippen LogP contribution in [0.2, 0.25) is 5.02 Å². The molecule has 7 heteroatoms. The third-order valence-electron chi connectivity index (χ3n) is 3.74. The standard InChI is InChI=1S/C20H16ClF3N2O.C2H6/c1-13(9-19(26-2)20(22,23)24)18-8-7-17(10-15(18)11-25)27-12-14-3-5-16(21)6-4-14;1-2/h3-10H,12H2,1-2H3;1-2H3/b13-9+,26-19?;. The quantitative estimate of drug-likeness (QED) is 0.494. The van der Waals surface area contributed by atoms with Crippen LogP contribution in [0.4, 0.5) is 13.2 Å². The van der Waals surface area contributed by atoms with E-state index in [2.05, 4.69) is 4.99 Å². The minimum atomic E-state index is -4.55. The lowest BCUT2D eigenvalue weighted by molar-refractivity contribution is -0.0577. The van der Waals surface area contributed by atoms with E-state index < -0.39 is 11.9 Å². The van der Waals surface area contributed by atoms with E-state index >= 15 is 0 Å². The number of hydrogen-bond donors (Lipinski definition) is 0. The Kier molecular flexibility index (Phi) is 9.43. The maximum Gasteiger partial charge on any atom is 0.432 e. The molecule has 0 fully saturated rings. The van der Waals surface area contributed by atoms with Gasteiger partial charge in [0.1, 0.15) is 18.1 Å². The number of nitriles is 1. The molecule has 2 rings (SSSR count). The van der Waals surface area contributed by atoms with Crippen LogP contribution in [0.1, 0.15) is 37.5 Å². The van der Waals surface area contributed by atoms with Crippen molar-refractivity contribution in [3.63, 3.8) is 0 Å². The summed E-state index contributed by atoms with van der Waals surface area (Å²) < 4.78 is 44.2. The molecule has 0 bridgehead atoms. The fraction of sp³-hybridized carbons (Fsp3) is 0.273. The number of ether oxygens (including phenoxy) is 1. The summed E-state index contributed by atoms with van der Waals surface area (Å²) in [5.41, 5.74) is 0.782. The molecule has 0 aromatic heterocycles. The maximum absolute atomic E-state index is 12.9. The number of benzene rings is 2. The van der Waals surface area contributed by atoms with Gasteiger partial charge in [0.25, 0.3) is 0 Å². The van der Waals surface area contributed by atoms with Crippen molar-refractivity contribution >= 4 is 22.9 Å². The molecule has 0 amide bonds. The SMILES string of the molecule is CC.CN=C(/C=C(\C)c1ccc(OCc2ccc(Cl)cc2)cc1C#N)C(F)(F)F. The number of rotatable bonds is 5. The van der Waals surface area contributed by atoms with Gasteiger partial charge in [-0.2, -0.15) is 18.4 Å². The van der Waals surface area contributed by atoms with Crippen LogP contribution in [0.15, 0.2) is 53.5 Å². The lowest BCUT2D eigenvalue weighted by Gasteiger charge is -2.11. The largest absolute Gasteiger partial charge is 0.489 e. The van der Waals surface area contributed by atoms with Crippen LogP contribution in [0, 0.1) is 11.3 Å². The predicted molar refractivity (Wildman–Crippen MR) is 111 cm³/mol. The normalized spacial score (nSPS) is 12.0. The molecule has 0 unspecified atom stereocenters. The molecule has 154 valence electrons. The maximum atomic E-state index is 12.9. The molecule has 0 N–H and O–H groups in total. The highest BCUT2D eigenvalue weighted by atomic mass is 35.5. The van der Waals surface area contributed by atoms with Gasteiger partial charge in [0.15, 0.2) is 0 Å². The molecule has 0 radical (unpaired) electrons. The molecule has 0 atom stereocenters. The third kappa shape index (κ3) is 7.28. The Morgan fingerprint density at radius 3 is 2.31 bits per heavy atom. The Balaban J connectivity index is 0.00000204. The molecule has 0 saturated heterocycles. The van der Waals surface area contributed by atoms with Gasteiger partial charge < -0.3 is 4.74 Å². The molecule has 3 nitrogen and oxygen atoms in total. The van der Waals surface area contributed by atoms with Crippen molar-refractivity contribution < 1.29 is 17.9 Å². The van der Waals surface area contributed by atoms with E-state index in [0.29, 0.717) is 16.3 Å². The second kappa shape index (κ2) is 11.3. The first-order chi connectivity index (χ1) is 13.7. The zero-order chi connectivity index (χ0) is 22.0. The molecule has 0 aliphatic heterocycles. The summed E-state index contributed by atoms with van der Waals surface area (Å²) in [7, 11) is 1.07. The number of halogens is 4. The molecule has 29 heavy (non-hydrogen) atoms. The lowest BCUT2D eigenvalue weighted by atomic mass is 10.00. The first-order valence-corrected chi connectivity index (χ1v) is 9.26. The fourth-order valence-corrected chi connectivity index (χ4v) is 2.48. The monoisotopic (exact) mass is 422 g/mol. The van der Waals surface area contributed by atoms with E-state index in [1.165, 1.54) is 13.0 Å². The lowest BCUT2D eigenvalue weighted by Crippen LogP contribution is -2.20. The molecule has 0 aliphatic carbocycles. The first-order valence-electron chi connectivity index (χ1n) is 8.88. The van der Waals surface area contributed by atoms with E-state index in [1.807, 2.05) is 32.0 Å². The Morgan fingerprint density at radius 1 is 1.17 bits per heavy atom. The highest BCUT2D eigenvalue weighted by Gasteiger charge is 2.33. The number of alkyl halides is 3. The van der Waals surface area contributed by atoms with Crippen LogP contribution >= 0.6 is 11.6 Å². The van der Waals surface area contributed by atoms with Crippen LogP contribution < -0.4 is 4.74 Å². The van der Waals surface area contributed by atoms with Crippen molar-refractivity contribution in [1.29, 1.82) is 5.26 Å². The summed E-state index contributed by atoms with van der Waals surface area (Å²) in [6.07, 6.45) is -3.63. The molecule has 0 spiro atoms. The van der Waals surface area contributed by atoms with Crippen molar-refractivity contribution in [2.45, 2.75) is 33.6 Å². The second-order valence-electron chi connectivity index (χ2n) is 5.67. The van der Waals surface area contributed by atoms with E-state index in [4.69, 9.17) is 16.3 Å². The zero-order valence-corrected chi connectivity index (χ0v) is 17.4. The highest BCUT2D eigenvalue weighted by Crippen LogP contribution is 2.26. The third-order valence-corrected chi connectivity index (χ3v) is 3.99. The molecule has 0 aliphatic rings. The average molecular weight is 423 g/mol. The molecule has 0 saturated carbocycles. The summed E-state index contributed by atoms with van der Waals surface area (Å²) in [5.74, 6) is 0.443. The van der Waals surface area contributed by atoms with E-state index in [0.717, 1.165) is 18.7 Å². The van der Waals surface area contributed by atoms with Gasteiger partial charge in [-0.3, -0.25) is 4.99 Å². The van der Waals surface area contributed by atoms with Crippen LogP contribution in [-0.2, 0) is 6.61 Å².